The number of benzene rings is 1. The molecule has 8 aliphatic rings. The van der Waals surface area contributed by atoms with Gasteiger partial charge in [0.05, 0.1) is 17.3 Å². The number of fused-ring (bicyclic) bond motifs is 7. The van der Waals surface area contributed by atoms with Gasteiger partial charge in [0.25, 0.3) is 0 Å². The molecule has 1 aromatic rings. The number of carbonyl (C=O) groups excluding carboxylic acids is 4. The SMILES string of the molecule is CC(C)(C)OC(=O)N1CCN(C(=O)[C@]23CC[C@@H](C4(C)CC4)[C@@H]2[C@H]2CC[C@@H]4[C@@]5(C)CC[C@H](OC(=O)[C@H]6C[C@@H](C(=O)OCc7ccccc7)C6(C)C)C(C)(C)[C@@H]5CC[C@@]4(C)[C@]2(C)CC3)CC1. The fourth-order valence-corrected chi connectivity index (χ4v) is 17.0. The average molecular weight is 883 g/mol. The van der Waals surface area contributed by atoms with Crippen molar-refractivity contribution in [3.63, 3.8) is 0 Å². The Morgan fingerprint density at radius 1 is 0.641 bits per heavy atom. The van der Waals surface area contributed by atoms with Crippen molar-refractivity contribution in [3.05, 3.63) is 35.9 Å². The third-order valence-electron chi connectivity index (χ3n) is 21.3. The first kappa shape index (κ1) is 46.0. The Bertz CT molecular complexity index is 1990. The molecular weight excluding hydrogens is 801 g/mol. The summed E-state index contributed by atoms with van der Waals surface area (Å²) in [4.78, 5) is 59.5. The normalized spacial score (nSPS) is 41.5. The topological polar surface area (TPSA) is 102 Å². The Balaban J connectivity index is 0.890. The second kappa shape index (κ2) is 15.5. The van der Waals surface area contributed by atoms with Gasteiger partial charge in [0.1, 0.15) is 18.3 Å². The predicted molar refractivity (Wildman–Crippen MR) is 247 cm³/mol. The molecule has 354 valence electrons. The van der Waals surface area contributed by atoms with Gasteiger partial charge >= 0.3 is 18.0 Å². The van der Waals surface area contributed by atoms with E-state index >= 15 is 4.79 Å². The molecule has 0 spiro atoms. The van der Waals surface area contributed by atoms with E-state index in [-0.39, 0.29) is 69.7 Å². The van der Waals surface area contributed by atoms with Crippen LogP contribution in [0.15, 0.2) is 30.3 Å². The third-order valence-corrected chi connectivity index (χ3v) is 21.3. The smallest absolute Gasteiger partial charge is 0.410 e. The van der Waals surface area contributed by atoms with Gasteiger partial charge in [0.15, 0.2) is 0 Å². The molecule has 0 bridgehead atoms. The predicted octanol–water partition coefficient (Wildman–Crippen LogP) is 11.3. The van der Waals surface area contributed by atoms with Crippen molar-refractivity contribution in [1.82, 2.24) is 9.80 Å². The summed E-state index contributed by atoms with van der Waals surface area (Å²) in [5, 5.41) is 0. The van der Waals surface area contributed by atoms with Crippen LogP contribution in [0.4, 0.5) is 4.79 Å². The number of piperazine rings is 1. The first-order chi connectivity index (χ1) is 29.9. The van der Waals surface area contributed by atoms with Gasteiger partial charge in [0, 0.05) is 31.6 Å². The Labute approximate surface area is 385 Å². The lowest BCUT2D eigenvalue weighted by atomic mass is 9.32. The maximum absolute atomic E-state index is 15.3. The molecule has 9 heteroatoms. The van der Waals surface area contributed by atoms with Gasteiger partial charge in [-0.15, -0.1) is 0 Å². The maximum atomic E-state index is 15.3. The molecule has 64 heavy (non-hydrogen) atoms. The second-order valence-corrected chi connectivity index (χ2v) is 26.0. The summed E-state index contributed by atoms with van der Waals surface area (Å²) in [6.45, 7) is 27.5. The summed E-state index contributed by atoms with van der Waals surface area (Å²) in [5.41, 5.74) is 0.200. The average Bonchev–Trinajstić information content (AvgIpc) is 3.85. The molecule has 0 aromatic heterocycles. The molecule has 0 radical (unpaired) electrons. The van der Waals surface area contributed by atoms with E-state index < -0.39 is 11.0 Å². The van der Waals surface area contributed by atoms with Crippen LogP contribution in [0.3, 0.4) is 0 Å². The molecule has 8 fully saturated rings. The van der Waals surface area contributed by atoms with Crippen molar-refractivity contribution >= 4 is 23.9 Å². The minimum atomic E-state index is -0.540. The summed E-state index contributed by atoms with van der Waals surface area (Å²) in [6, 6.07) is 9.76. The van der Waals surface area contributed by atoms with Crippen LogP contribution in [0.5, 0.6) is 0 Å². The molecule has 1 saturated heterocycles. The number of amides is 2. The van der Waals surface area contributed by atoms with E-state index in [1.807, 2.05) is 65.0 Å². The number of hydrogen-bond donors (Lipinski definition) is 0. The van der Waals surface area contributed by atoms with Crippen molar-refractivity contribution in [2.75, 3.05) is 26.2 Å². The van der Waals surface area contributed by atoms with Crippen LogP contribution in [0.2, 0.25) is 0 Å². The van der Waals surface area contributed by atoms with Crippen LogP contribution in [0.25, 0.3) is 0 Å². The molecule has 1 aliphatic heterocycles. The molecule has 7 saturated carbocycles. The van der Waals surface area contributed by atoms with Crippen LogP contribution >= 0.6 is 0 Å². The standard InChI is InChI=1S/C55H82N2O7/c1-48(2,3)64-47(61)57-31-29-56(30-32-57)46(60)55-24-19-36(51(8)25-26-51)43(55)37-17-18-41-52(9)22-21-42(50(6,7)40(52)20-23-54(41,11)53(37,10)27-28-55)63-45(59)39-33-38(49(39,4)5)44(58)62-34-35-15-13-12-14-16-35/h12-16,36-43H,17-34H2,1-11H3/t36-,37-,38+,39-,40+,41-,42+,43-,52+,53-,54-,55+/m1/s1. The zero-order valence-electron chi connectivity index (χ0n) is 41.5. The highest BCUT2D eigenvalue weighted by atomic mass is 16.6. The third kappa shape index (κ3) is 7.09. The lowest BCUT2D eigenvalue weighted by molar-refractivity contribution is -0.253. The highest BCUT2D eigenvalue weighted by Gasteiger charge is 2.74. The zero-order chi connectivity index (χ0) is 46.0. The lowest BCUT2D eigenvalue weighted by Crippen LogP contribution is -2.68. The molecule has 0 unspecified atom stereocenters. The van der Waals surface area contributed by atoms with Crippen molar-refractivity contribution in [3.8, 4) is 0 Å². The first-order valence-electron chi connectivity index (χ1n) is 25.6. The molecule has 9 rings (SSSR count). The largest absolute Gasteiger partial charge is 0.462 e. The Kier molecular flexibility index (Phi) is 11.1. The number of nitrogens with zero attached hydrogens (tertiary/aromatic N) is 2. The molecule has 9 nitrogen and oxygen atoms in total. The summed E-state index contributed by atoms with van der Waals surface area (Å²) in [6.07, 6.45) is 13.6. The van der Waals surface area contributed by atoms with Gasteiger partial charge in [-0.3, -0.25) is 14.4 Å². The number of rotatable bonds is 7. The van der Waals surface area contributed by atoms with Crippen molar-refractivity contribution in [2.24, 2.45) is 79.3 Å². The molecule has 1 heterocycles. The van der Waals surface area contributed by atoms with Gasteiger partial charge < -0.3 is 24.0 Å². The summed E-state index contributed by atoms with van der Waals surface area (Å²) in [5.74, 6) is 1.91. The van der Waals surface area contributed by atoms with E-state index in [9.17, 15) is 14.4 Å². The van der Waals surface area contributed by atoms with E-state index in [4.69, 9.17) is 14.2 Å². The van der Waals surface area contributed by atoms with Crippen LogP contribution in [0.1, 0.15) is 165 Å². The summed E-state index contributed by atoms with van der Waals surface area (Å²) < 4.78 is 18.1. The molecular formula is C55H82N2O7. The maximum Gasteiger partial charge on any atom is 0.410 e. The highest BCUT2D eigenvalue weighted by Crippen LogP contribution is 2.79. The van der Waals surface area contributed by atoms with Crippen LogP contribution in [-0.4, -0.2) is 71.6 Å². The number of esters is 2. The Morgan fingerprint density at radius 2 is 1.30 bits per heavy atom. The monoisotopic (exact) mass is 883 g/mol. The highest BCUT2D eigenvalue weighted by molar-refractivity contribution is 5.84. The van der Waals surface area contributed by atoms with Crippen LogP contribution in [-0.2, 0) is 35.2 Å². The summed E-state index contributed by atoms with van der Waals surface area (Å²) >= 11 is 0. The number of hydrogen-bond acceptors (Lipinski definition) is 7. The van der Waals surface area contributed by atoms with Crippen LogP contribution in [0, 0.1) is 79.3 Å². The minimum Gasteiger partial charge on any atom is -0.462 e. The molecule has 7 aliphatic carbocycles. The quantitative estimate of drug-likeness (QED) is 0.198. The van der Waals surface area contributed by atoms with Crippen LogP contribution < -0.4 is 0 Å². The van der Waals surface area contributed by atoms with E-state index in [2.05, 4.69) is 46.4 Å². The van der Waals surface area contributed by atoms with E-state index in [0.717, 1.165) is 44.1 Å². The Morgan fingerprint density at radius 3 is 1.94 bits per heavy atom. The van der Waals surface area contributed by atoms with Gasteiger partial charge in [-0.1, -0.05) is 85.7 Å². The minimum absolute atomic E-state index is 0.131. The summed E-state index contributed by atoms with van der Waals surface area (Å²) in [7, 11) is 0. The van der Waals surface area contributed by atoms with E-state index in [0.29, 0.717) is 73.5 Å². The van der Waals surface area contributed by atoms with Crippen molar-refractivity contribution < 1.29 is 33.4 Å². The fraction of sp³-hybridized carbons (Fsp3) is 0.818. The second-order valence-electron chi connectivity index (χ2n) is 26.0. The molecule has 0 N–H and O–H groups in total. The van der Waals surface area contributed by atoms with Gasteiger partial charge in [-0.2, -0.15) is 0 Å². The van der Waals surface area contributed by atoms with Crippen molar-refractivity contribution in [2.45, 2.75) is 178 Å². The van der Waals surface area contributed by atoms with Gasteiger partial charge in [-0.05, 0) is 166 Å². The molecule has 2 amide bonds. The van der Waals surface area contributed by atoms with E-state index in [1.165, 1.54) is 38.5 Å². The lowest BCUT2D eigenvalue weighted by Gasteiger charge is -2.73. The first-order valence-corrected chi connectivity index (χ1v) is 25.6. The van der Waals surface area contributed by atoms with Gasteiger partial charge in [0.2, 0.25) is 5.91 Å². The van der Waals surface area contributed by atoms with Crippen molar-refractivity contribution in [1.29, 1.82) is 0 Å². The number of carbonyl (C=O) groups is 4. The fourth-order valence-electron chi connectivity index (χ4n) is 17.0. The molecule has 12 atom stereocenters. The number of ether oxygens (including phenoxy) is 3. The zero-order valence-corrected chi connectivity index (χ0v) is 41.5. The molecule has 1 aromatic carbocycles. The van der Waals surface area contributed by atoms with E-state index in [1.54, 1.807) is 4.90 Å². The van der Waals surface area contributed by atoms with Gasteiger partial charge in [-0.25, -0.2) is 4.79 Å². The Hall–Kier alpha value is -3.10.